The van der Waals surface area contributed by atoms with Crippen LogP contribution in [0.1, 0.15) is 35.2 Å². The predicted molar refractivity (Wildman–Crippen MR) is 142 cm³/mol. The van der Waals surface area contributed by atoms with Crippen molar-refractivity contribution in [3.8, 4) is 17.2 Å². The van der Waals surface area contributed by atoms with Gasteiger partial charge >= 0.3 is 0 Å². The summed E-state index contributed by atoms with van der Waals surface area (Å²) in [5.41, 5.74) is 2.59. The van der Waals surface area contributed by atoms with Crippen molar-refractivity contribution < 1.29 is 34.0 Å². The zero-order chi connectivity index (χ0) is 27.2. The molecular formula is C30H31NO7. The number of benzene rings is 3. The third-order valence-electron chi connectivity index (χ3n) is 6.38. The first-order chi connectivity index (χ1) is 18.3. The summed E-state index contributed by atoms with van der Waals surface area (Å²) >= 11 is 0. The quantitative estimate of drug-likeness (QED) is 0.227. The van der Waals surface area contributed by atoms with E-state index in [1.165, 1.54) is 18.1 Å². The molecule has 8 nitrogen and oxygen atoms in total. The standard InChI is InChI=1S/C30H31NO7/c1-4-37-25-17-21(10-13-24(25)32)27-26(29(34)30(35)31(27)14-15-36-3)28(33)23-12-11-22(16-19(23)2)38-18-20-8-6-5-7-9-20/h5-13,16-17,27,32-33H,4,14-15,18H2,1-3H3. The number of phenolic OH excluding ortho intramolecular Hbond substituents is 1. The second-order valence-corrected chi connectivity index (χ2v) is 8.90. The van der Waals surface area contributed by atoms with Gasteiger partial charge in [0, 0.05) is 19.2 Å². The molecule has 3 aromatic carbocycles. The fourth-order valence-corrected chi connectivity index (χ4v) is 4.50. The van der Waals surface area contributed by atoms with Crippen molar-refractivity contribution >= 4 is 17.4 Å². The predicted octanol–water partition coefficient (Wildman–Crippen LogP) is 4.75. The van der Waals surface area contributed by atoms with Gasteiger partial charge in [0.05, 0.1) is 24.8 Å². The minimum atomic E-state index is -0.890. The minimum absolute atomic E-state index is 0.0414. The molecule has 3 aromatic rings. The molecule has 1 saturated heterocycles. The molecule has 4 rings (SSSR count). The van der Waals surface area contributed by atoms with Crippen molar-refractivity contribution in [2.45, 2.75) is 26.5 Å². The number of amides is 1. The highest BCUT2D eigenvalue weighted by atomic mass is 16.5. The van der Waals surface area contributed by atoms with Crippen molar-refractivity contribution in [2.24, 2.45) is 0 Å². The molecule has 0 saturated carbocycles. The Morgan fingerprint density at radius 1 is 1.00 bits per heavy atom. The summed E-state index contributed by atoms with van der Waals surface area (Å²) in [6, 6.07) is 18.7. The Balaban J connectivity index is 1.73. The van der Waals surface area contributed by atoms with E-state index in [9.17, 15) is 19.8 Å². The number of phenols is 1. The Morgan fingerprint density at radius 2 is 1.76 bits per heavy atom. The molecule has 1 fully saturated rings. The number of nitrogens with zero attached hydrogens (tertiary/aromatic N) is 1. The number of Topliss-reactive ketones (excluding diaryl/α,β-unsaturated/α-hetero) is 1. The number of ether oxygens (including phenoxy) is 3. The van der Waals surface area contributed by atoms with Crippen LogP contribution in [0.3, 0.4) is 0 Å². The SMILES string of the molecule is CCOc1cc(C2C(=C(O)c3ccc(OCc4ccccc4)cc3C)C(=O)C(=O)N2CCOC)ccc1O. The second kappa shape index (κ2) is 11.8. The highest BCUT2D eigenvalue weighted by molar-refractivity contribution is 6.46. The number of hydrogen-bond acceptors (Lipinski definition) is 7. The van der Waals surface area contributed by atoms with Crippen LogP contribution in [0, 0.1) is 6.92 Å². The minimum Gasteiger partial charge on any atom is -0.507 e. The number of ketones is 1. The summed E-state index contributed by atoms with van der Waals surface area (Å²) in [6.45, 7) is 4.63. The van der Waals surface area contributed by atoms with E-state index in [1.54, 1.807) is 44.2 Å². The third-order valence-corrected chi connectivity index (χ3v) is 6.38. The first-order valence-electron chi connectivity index (χ1n) is 12.4. The van der Waals surface area contributed by atoms with Crippen molar-refractivity contribution in [3.63, 3.8) is 0 Å². The number of aliphatic hydroxyl groups is 1. The molecule has 1 aliphatic heterocycles. The Kier molecular flexibility index (Phi) is 8.33. The fourth-order valence-electron chi connectivity index (χ4n) is 4.50. The maximum atomic E-state index is 13.2. The van der Waals surface area contributed by atoms with E-state index in [0.29, 0.717) is 35.7 Å². The number of hydrogen-bond donors (Lipinski definition) is 2. The van der Waals surface area contributed by atoms with Crippen LogP contribution in [-0.4, -0.2) is 53.7 Å². The normalized spacial score (nSPS) is 16.6. The lowest BCUT2D eigenvalue weighted by atomic mass is 9.93. The van der Waals surface area contributed by atoms with Gasteiger partial charge in [-0.1, -0.05) is 36.4 Å². The summed E-state index contributed by atoms with van der Waals surface area (Å²) in [7, 11) is 1.50. The molecule has 0 aromatic heterocycles. The first-order valence-corrected chi connectivity index (χ1v) is 12.4. The van der Waals surface area contributed by atoms with Crippen molar-refractivity contribution in [2.75, 3.05) is 26.9 Å². The van der Waals surface area contributed by atoms with Crippen LogP contribution < -0.4 is 9.47 Å². The molecule has 0 bridgehead atoms. The van der Waals surface area contributed by atoms with Gasteiger partial charge in [-0.3, -0.25) is 9.59 Å². The molecule has 198 valence electrons. The number of aromatic hydroxyl groups is 1. The Hall–Kier alpha value is -4.30. The van der Waals surface area contributed by atoms with Crippen molar-refractivity contribution in [1.29, 1.82) is 0 Å². The van der Waals surface area contributed by atoms with Gasteiger partial charge in [0.2, 0.25) is 0 Å². The number of likely N-dealkylation sites (tertiary alicyclic amines) is 1. The van der Waals surface area contributed by atoms with E-state index < -0.39 is 17.7 Å². The molecule has 1 unspecified atom stereocenters. The molecule has 8 heteroatoms. The molecule has 1 aliphatic rings. The van der Waals surface area contributed by atoms with Crippen molar-refractivity contribution in [1.82, 2.24) is 4.90 Å². The maximum Gasteiger partial charge on any atom is 0.295 e. The van der Waals surface area contributed by atoms with E-state index in [0.717, 1.165) is 5.56 Å². The maximum absolute atomic E-state index is 13.2. The highest BCUT2D eigenvalue weighted by Crippen LogP contribution is 2.42. The van der Waals surface area contributed by atoms with Gasteiger partial charge in [-0.15, -0.1) is 0 Å². The molecule has 0 aliphatic carbocycles. The number of carbonyl (C=O) groups is 2. The average molecular weight is 518 g/mol. The second-order valence-electron chi connectivity index (χ2n) is 8.90. The van der Waals surface area contributed by atoms with Crippen LogP contribution in [0.25, 0.3) is 5.76 Å². The molecule has 1 heterocycles. The van der Waals surface area contributed by atoms with Crippen LogP contribution >= 0.6 is 0 Å². The van der Waals surface area contributed by atoms with Crippen LogP contribution in [0.2, 0.25) is 0 Å². The van der Waals surface area contributed by atoms with E-state index in [-0.39, 0.29) is 36.0 Å². The van der Waals surface area contributed by atoms with E-state index in [2.05, 4.69) is 0 Å². The molecule has 0 radical (unpaired) electrons. The van der Waals surface area contributed by atoms with E-state index in [4.69, 9.17) is 14.2 Å². The van der Waals surface area contributed by atoms with Gasteiger partial charge in [0.25, 0.3) is 11.7 Å². The summed E-state index contributed by atoms with van der Waals surface area (Å²) in [5, 5.41) is 21.6. The van der Waals surface area contributed by atoms with Crippen LogP contribution in [0.4, 0.5) is 0 Å². The van der Waals surface area contributed by atoms with E-state index in [1.807, 2.05) is 30.3 Å². The van der Waals surface area contributed by atoms with Crippen LogP contribution in [0.5, 0.6) is 17.2 Å². The zero-order valence-corrected chi connectivity index (χ0v) is 21.6. The lowest BCUT2D eigenvalue weighted by molar-refractivity contribution is -0.140. The summed E-state index contributed by atoms with van der Waals surface area (Å²) in [5.74, 6) is -1.05. The number of aryl methyl sites for hydroxylation is 1. The molecular weight excluding hydrogens is 486 g/mol. The summed E-state index contributed by atoms with van der Waals surface area (Å²) in [6.07, 6.45) is 0. The summed E-state index contributed by atoms with van der Waals surface area (Å²) in [4.78, 5) is 27.7. The van der Waals surface area contributed by atoms with Gasteiger partial charge in [-0.05, 0) is 60.9 Å². The smallest absolute Gasteiger partial charge is 0.295 e. The zero-order valence-electron chi connectivity index (χ0n) is 21.6. The summed E-state index contributed by atoms with van der Waals surface area (Å²) < 4.78 is 16.6. The number of carbonyl (C=O) groups excluding carboxylic acids is 2. The van der Waals surface area contributed by atoms with Gasteiger partial charge in [0.1, 0.15) is 18.1 Å². The van der Waals surface area contributed by atoms with Gasteiger partial charge in [0.15, 0.2) is 11.5 Å². The average Bonchev–Trinajstić information content (AvgIpc) is 3.17. The Morgan fingerprint density at radius 3 is 2.45 bits per heavy atom. The first kappa shape index (κ1) is 26.8. The lowest BCUT2D eigenvalue weighted by Crippen LogP contribution is -2.32. The van der Waals surface area contributed by atoms with Gasteiger partial charge in [-0.25, -0.2) is 0 Å². The molecule has 1 atom stereocenters. The third kappa shape index (κ3) is 5.50. The lowest BCUT2D eigenvalue weighted by Gasteiger charge is -2.25. The van der Waals surface area contributed by atoms with Gasteiger partial charge < -0.3 is 29.3 Å². The highest BCUT2D eigenvalue weighted by Gasteiger charge is 2.46. The van der Waals surface area contributed by atoms with E-state index >= 15 is 0 Å². The van der Waals surface area contributed by atoms with Crippen molar-refractivity contribution in [3.05, 3.63) is 94.6 Å². The number of aliphatic hydroxyl groups excluding tert-OH is 1. The molecule has 1 amide bonds. The van der Waals surface area contributed by atoms with Gasteiger partial charge in [-0.2, -0.15) is 0 Å². The Labute approximate surface area is 221 Å². The fraction of sp³-hybridized carbons (Fsp3) is 0.267. The topological polar surface area (TPSA) is 106 Å². The number of methoxy groups -OCH3 is 1. The molecule has 2 N–H and O–H groups in total. The molecule has 38 heavy (non-hydrogen) atoms. The van der Waals surface area contributed by atoms with Crippen LogP contribution in [-0.2, 0) is 20.9 Å². The largest absolute Gasteiger partial charge is 0.507 e. The monoisotopic (exact) mass is 517 g/mol. The number of rotatable bonds is 10. The Bertz CT molecular complexity index is 1350. The van der Waals surface area contributed by atoms with Crippen LogP contribution in [0.15, 0.2) is 72.3 Å². The molecule has 0 spiro atoms.